The number of benzene rings is 2. The van der Waals surface area contributed by atoms with Gasteiger partial charge in [0.25, 0.3) is 0 Å². The quantitative estimate of drug-likeness (QED) is 0.690. The van der Waals surface area contributed by atoms with Gasteiger partial charge in [-0.3, -0.25) is 4.79 Å². The molecule has 0 aliphatic heterocycles. The largest absolute Gasteiger partial charge is 0.490 e. The van der Waals surface area contributed by atoms with E-state index in [2.05, 4.69) is 5.32 Å². The molecule has 0 heterocycles. The molecular weight excluding hydrogens is 326 g/mol. The van der Waals surface area contributed by atoms with E-state index in [9.17, 15) is 4.79 Å². The van der Waals surface area contributed by atoms with Crippen LogP contribution in [0.2, 0.25) is 0 Å². The summed E-state index contributed by atoms with van der Waals surface area (Å²) >= 11 is 0. The Balaban J connectivity index is 1.94. The number of amides is 1. The molecule has 26 heavy (non-hydrogen) atoms. The minimum absolute atomic E-state index is 0.0784. The topological polar surface area (TPSA) is 47.6 Å². The first-order chi connectivity index (χ1) is 12.7. The smallest absolute Gasteiger partial charge is 0.227 e. The molecule has 2 rings (SSSR count). The summed E-state index contributed by atoms with van der Waals surface area (Å²) in [6.07, 6.45) is 1.54. The highest BCUT2D eigenvalue weighted by Crippen LogP contribution is 2.28. The lowest BCUT2D eigenvalue weighted by Gasteiger charge is -2.16. The number of rotatable bonds is 10. The third-order valence-electron chi connectivity index (χ3n) is 4.25. The second-order valence-electron chi connectivity index (χ2n) is 6.06. The van der Waals surface area contributed by atoms with Crippen LogP contribution < -0.4 is 14.8 Å². The summed E-state index contributed by atoms with van der Waals surface area (Å²) < 4.78 is 11.2. The fourth-order valence-electron chi connectivity index (χ4n) is 2.96. The Labute approximate surface area is 156 Å². The standard InChI is InChI=1S/C22H29NO3/c1-4-19(18-10-8-7-9-11-18)22(24)23-15-14-17-12-13-20(25-5-2)21(16-17)26-6-3/h7-13,16,19H,4-6,14-15H2,1-3H3,(H,23,24). The molecule has 0 spiro atoms. The average Bonchev–Trinajstić information content (AvgIpc) is 2.65. The second-order valence-corrected chi connectivity index (χ2v) is 6.06. The molecular formula is C22H29NO3. The van der Waals surface area contributed by atoms with Gasteiger partial charge < -0.3 is 14.8 Å². The van der Waals surface area contributed by atoms with Crippen molar-refractivity contribution in [3.63, 3.8) is 0 Å². The molecule has 140 valence electrons. The number of hydrogen-bond donors (Lipinski definition) is 1. The molecule has 1 unspecified atom stereocenters. The zero-order valence-corrected chi connectivity index (χ0v) is 16.0. The number of carbonyl (C=O) groups is 1. The molecule has 2 aromatic rings. The minimum atomic E-state index is -0.101. The highest BCUT2D eigenvalue weighted by molar-refractivity contribution is 5.83. The predicted molar refractivity (Wildman–Crippen MR) is 105 cm³/mol. The molecule has 0 aromatic heterocycles. The molecule has 1 N–H and O–H groups in total. The van der Waals surface area contributed by atoms with E-state index in [4.69, 9.17) is 9.47 Å². The van der Waals surface area contributed by atoms with Crippen molar-refractivity contribution in [2.45, 2.75) is 39.5 Å². The van der Waals surface area contributed by atoms with Gasteiger partial charge in [-0.25, -0.2) is 0 Å². The van der Waals surface area contributed by atoms with E-state index in [0.717, 1.165) is 35.5 Å². The van der Waals surface area contributed by atoms with E-state index < -0.39 is 0 Å². The Hall–Kier alpha value is -2.49. The van der Waals surface area contributed by atoms with E-state index in [-0.39, 0.29) is 11.8 Å². The Kier molecular flexibility index (Phi) is 8.00. The van der Waals surface area contributed by atoms with Crippen LogP contribution in [0.1, 0.15) is 44.2 Å². The first-order valence-corrected chi connectivity index (χ1v) is 9.40. The van der Waals surface area contributed by atoms with Gasteiger partial charge in [0.05, 0.1) is 19.1 Å². The van der Waals surface area contributed by atoms with E-state index in [1.54, 1.807) is 0 Å². The molecule has 0 saturated carbocycles. The normalized spacial score (nSPS) is 11.7. The predicted octanol–water partition coefficient (Wildman–Crippen LogP) is 4.34. The van der Waals surface area contributed by atoms with Gasteiger partial charge in [0, 0.05) is 6.54 Å². The number of nitrogens with one attached hydrogen (secondary N) is 1. The molecule has 4 nitrogen and oxygen atoms in total. The van der Waals surface area contributed by atoms with E-state index in [1.807, 2.05) is 69.3 Å². The van der Waals surface area contributed by atoms with Crippen molar-refractivity contribution in [2.24, 2.45) is 0 Å². The third-order valence-corrected chi connectivity index (χ3v) is 4.25. The Morgan fingerprint density at radius 3 is 2.31 bits per heavy atom. The van der Waals surface area contributed by atoms with Crippen LogP contribution in [0.25, 0.3) is 0 Å². The molecule has 1 atom stereocenters. The van der Waals surface area contributed by atoms with Crippen LogP contribution in [0.4, 0.5) is 0 Å². The van der Waals surface area contributed by atoms with Crippen molar-refractivity contribution in [3.05, 3.63) is 59.7 Å². The SMILES string of the molecule is CCOc1ccc(CCNC(=O)C(CC)c2ccccc2)cc1OCC. The molecule has 4 heteroatoms. The molecule has 0 saturated heterocycles. The van der Waals surface area contributed by atoms with Crippen LogP contribution in [-0.2, 0) is 11.2 Å². The zero-order chi connectivity index (χ0) is 18.8. The van der Waals surface area contributed by atoms with Crippen molar-refractivity contribution in [3.8, 4) is 11.5 Å². The van der Waals surface area contributed by atoms with E-state index in [0.29, 0.717) is 19.8 Å². The van der Waals surface area contributed by atoms with Crippen molar-refractivity contribution in [1.82, 2.24) is 5.32 Å². The number of carbonyl (C=O) groups excluding carboxylic acids is 1. The van der Waals surface area contributed by atoms with Crippen LogP contribution >= 0.6 is 0 Å². The first-order valence-electron chi connectivity index (χ1n) is 9.40. The van der Waals surface area contributed by atoms with Gasteiger partial charge in [-0.15, -0.1) is 0 Å². The van der Waals surface area contributed by atoms with Gasteiger partial charge in [-0.2, -0.15) is 0 Å². The van der Waals surface area contributed by atoms with Gasteiger partial charge in [0.15, 0.2) is 11.5 Å². The number of hydrogen-bond acceptors (Lipinski definition) is 3. The molecule has 2 aromatic carbocycles. The van der Waals surface area contributed by atoms with Crippen molar-refractivity contribution in [2.75, 3.05) is 19.8 Å². The molecule has 0 aliphatic rings. The summed E-state index contributed by atoms with van der Waals surface area (Å²) in [7, 11) is 0. The summed E-state index contributed by atoms with van der Waals surface area (Å²) in [4.78, 5) is 12.5. The molecule has 1 amide bonds. The van der Waals surface area contributed by atoms with Gasteiger partial charge in [-0.1, -0.05) is 43.3 Å². The van der Waals surface area contributed by atoms with Crippen molar-refractivity contribution < 1.29 is 14.3 Å². The monoisotopic (exact) mass is 355 g/mol. The Bertz CT molecular complexity index is 685. The van der Waals surface area contributed by atoms with Crippen LogP contribution in [-0.4, -0.2) is 25.7 Å². The molecule has 0 fully saturated rings. The maximum absolute atomic E-state index is 12.5. The summed E-state index contributed by atoms with van der Waals surface area (Å²) in [6, 6.07) is 15.9. The van der Waals surface area contributed by atoms with E-state index >= 15 is 0 Å². The van der Waals surface area contributed by atoms with Gasteiger partial charge >= 0.3 is 0 Å². The van der Waals surface area contributed by atoms with Crippen LogP contribution in [0, 0.1) is 0 Å². The van der Waals surface area contributed by atoms with Gasteiger partial charge in [0.2, 0.25) is 5.91 Å². The fourth-order valence-corrected chi connectivity index (χ4v) is 2.96. The third kappa shape index (κ3) is 5.51. The van der Waals surface area contributed by atoms with Crippen LogP contribution in [0.15, 0.2) is 48.5 Å². The summed E-state index contributed by atoms with van der Waals surface area (Å²) in [5.74, 6) is 1.50. The summed E-state index contributed by atoms with van der Waals surface area (Å²) in [5.41, 5.74) is 2.18. The molecule has 0 radical (unpaired) electrons. The highest BCUT2D eigenvalue weighted by atomic mass is 16.5. The maximum Gasteiger partial charge on any atom is 0.227 e. The molecule has 0 aliphatic carbocycles. The Morgan fingerprint density at radius 2 is 1.65 bits per heavy atom. The maximum atomic E-state index is 12.5. The molecule has 0 bridgehead atoms. The highest BCUT2D eigenvalue weighted by Gasteiger charge is 2.17. The van der Waals surface area contributed by atoms with Crippen molar-refractivity contribution in [1.29, 1.82) is 0 Å². The zero-order valence-electron chi connectivity index (χ0n) is 16.0. The van der Waals surface area contributed by atoms with Gasteiger partial charge in [0.1, 0.15) is 0 Å². The van der Waals surface area contributed by atoms with Crippen LogP contribution in [0.5, 0.6) is 11.5 Å². The fraction of sp³-hybridized carbons (Fsp3) is 0.409. The lowest BCUT2D eigenvalue weighted by Crippen LogP contribution is -2.30. The Morgan fingerprint density at radius 1 is 0.962 bits per heavy atom. The van der Waals surface area contributed by atoms with Gasteiger partial charge in [-0.05, 0) is 49.9 Å². The van der Waals surface area contributed by atoms with Crippen molar-refractivity contribution >= 4 is 5.91 Å². The summed E-state index contributed by atoms with van der Waals surface area (Å²) in [6.45, 7) is 7.75. The number of ether oxygens (including phenoxy) is 2. The lowest BCUT2D eigenvalue weighted by molar-refractivity contribution is -0.122. The average molecular weight is 355 g/mol. The minimum Gasteiger partial charge on any atom is -0.490 e. The summed E-state index contributed by atoms with van der Waals surface area (Å²) in [5, 5.41) is 3.06. The second kappa shape index (κ2) is 10.5. The van der Waals surface area contributed by atoms with E-state index in [1.165, 1.54) is 0 Å². The lowest BCUT2D eigenvalue weighted by atomic mass is 9.95. The van der Waals surface area contributed by atoms with Crippen LogP contribution in [0.3, 0.4) is 0 Å². The first kappa shape index (κ1) is 19.8.